The van der Waals surface area contributed by atoms with Crippen molar-refractivity contribution >= 4 is 5.78 Å². The molecule has 1 heterocycles. The molecular formula is C17H28N2O. The topological polar surface area (TPSA) is 34.9 Å². The molecule has 0 atom stereocenters. The summed E-state index contributed by atoms with van der Waals surface area (Å²) >= 11 is 0. The van der Waals surface area contributed by atoms with Crippen molar-refractivity contribution in [2.75, 3.05) is 0 Å². The number of rotatable bonds is 5. The van der Waals surface area contributed by atoms with E-state index in [0.717, 1.165) is 30.9 Å². The van der Waals surface area contributed by atoms with Gasteiger partial charge in [0.15, 0.2) is 0 Å². The maximum atomic E-state index is 12.4. The van der Waals surface area contributed by atoms with Crippen LogP contribution in [-0.4, -0.2) is 15.6 Å². The molecule has 0 bridgehead atoms. The lowest BCUT2D eigenvalue weighted by Gasteiger charge is -2.26. The number of Topliss-reactive ketones (excluding diaryl/α,β-unsaturated/α-hetero) is 1. The highest BCUT2D eigenvalue weighted by Crippen LogP contribution is 2.32. The number of ketones is 1. The average molecular weight is 276 g/mol. The van der Waals surface area contributed by atoms with Gasteiger partial charge in [-0.3, -0.25) is 9.48 Å². The summed E-state index contributed by atoms with van der Waals surface area (Å²) in [4.78, 5) is 12.4. The van der Waals surface area contributed by atoms with Crippen LogP contribution in [0.4, 0.5) is 0 Å². The summed E-state index contributed by atoms with van der Waals surface area (Å²) in [5.74, 6) is 1.67. The summed E-state index contributed by atoms with van der Waals surface area (Å²) in [6.07, 6.45) is 7.54. The molecule has 0 unspecified atom stereocenters. The first-order valence-electron chi connectivity index (χ1n) is 8.04. The van der Waals surface area contributed by atoms with Crippen LogP contribution < -0.4 is 0 Å². The molecule has 1 fully saturated rings. The van der Waals surface area contributed by atoms with Crippen molar-refractivity contribution in [2.45, 2.75) is 65.7 Å². The first kappa shape index (κ1) is 15.3. The summed E-state index contributed by atoms with van der Waals surface area (Å²) in [6, 6.07) is 0. The smallest absolute Gasteiger partial charge is 0.136 e. The molecule has 0 N–H and O–H groups in total. The molecule has 0 amide bonds. The molecule has 0 aromatic carbocycles. The van der Waals surface area contributed by atoms with Gasteiger partial charge in [0.1, 0.15) is 5.78 Å². The van der Waals surface area contributed by atoms with Crippen molar-refractivity contribution in [3.8, 4) is 0 Å². The first-order valence-corrected chi connectivity index (χ1v) is 8.04. The highest BCUT2D eigenvalue weighted by atomic mass is 16.1. The molecule has 0 aliphatic heterocycles. The molecule has 0 saturated heterocycles. The van der Waals surface area contributed by atoms with Gasteiger partial charge in [-0.2, -0.15) is 5.10 Å². The zero-order chi connectivity index (χ0) is 14.7. The second kappa shape index (κ2) is 6.55. The summed E-state index contributed by atoms with van der Waals surface area (Å²) in [5.41, 5.74) is 3.54. The minimum atomic E-state index is 0.329. The van der Waals surface area contributed by atoms with Crippen molar-refractivity contribution in [3.05, 3.63) is 17.0 Å². The molecule has 0 radical (unpaired) electrons. The molecule has 1 aliphatic rings. The number of aromatic nitrogens is 2. The van der Waals surface area contributed by atoms with Gasteiger partial charge in [0.25, 0.3) is 0 Å². The lowest BCUT2D eigenvalue weighted by atomic mass is 9.78. The molecule has 1 aromatic heterocycles. The largest absolute Gasteiger partial charge is 0.299 e. The Labute approximate surface area is 122 Å². The second-order valence-corrected chi connectivity index (χ2v) is 6.37. The third-order valence-corrected chi connectivity index (χ3v) is 5.16. The maximum absolute atomic E-state index is 12.4. The van der Waals surface area contributed by atoms with E-state index in [1.54, 1.807) is 0 Å². The summed E-state index contributed by atoms with van der Waals surface area (Å²) in [7, 11) is 1.97. The zero-order valence-electron chi connectivity index (χ0n) is 13.4. The molecular weight excluding hydrogens is 248 g/mol. The summed E-state index contributed by atoms with van der Waals surface area (Å²) < 4.78 is 1.92. The van der Waals surface area contributed by atoms with Gasteiger partial charge in [0.05, 0.1) is 5.69 Å². The van der Waals surface area contributed by atoms with Gasteiger partial charge in [0, 0.05) is 25.1 Å². The van der Waals surface area contributed by atoms with Crippen LogP contribution in [0.1, 0.15) is 62.4 Å². The van der Waals surface area contributed by atoms with Crippen LogP contribution in [0, 0.1) is 25.7 Å². The monoisotopic (exact) mass is 276 g/mol. The molecule has 20 heavy (non-hydrogen) atoms. The fraction of sp³-hybridized carbons (Fsp3) is 0.765. The van der Waals surface area contributed by atoms with Crippen LogP contribution in [0.5, 0.6) is 0 Å². The minimum absolute atomic E-state index is 0.329. The number of nitrogens with zero attached hydrogens (tertiary/aromatic N) is 2. The standard InChI is InChI=1S/C17H28N2O/c1-5-14-6-8-15(9-7-14)17(20)11-10-16-12(2)18-19(4)13(16)3/h14-15H,5-11H2,1-4H3. The highest BCUT2D eigenvalue weighted by molar-refractivity contribution is 5.81. The van der Waals surface area contributed by atoms with E-state index in [4.69, 9.17) is 0 Å². The molecule has 1 aromatic rings. The molecule has 3 heteroatoms. The molecule has 1 aliphatic carbocycles. The Kier molecular flexibility index (Phi) is 5.00. The number of hydrogen-bond acceptors (Lipinski definition) is 2. The number of hydrogen-bond donors (Lipinski definition) is 0. The van der Waals surface area contributed by atoms with Crippen LogP contribution in [0.3, 0.4) is 0 Å². The van der Waals surface area contributed by atoms with Crippen molar-refractivity contribution in [1.82, 2.24) is 9.78 Å². The lowest BCUT2D eigenvalue weighted by Crippen LogP contribution is -2.22. The number of carbonyl (C=O) groups is 1. The zero-order valence-corrected chi connectivity index (χ0v) is 13.4. The Morgan fingerprint density at radius 1 is 1.25 bits per heavy atom. The average Bonchev–Trinajstić information content (AvgIpc) is 2.70. The summed E-state index contributed by atoms with van der Waals surface area (Å²) in [5, 5.41) is 4.43. The van der Waals surface area contributed by atoms with E-state index in [9.17, 15) is 4.79 Å². The van der Waals surface area contributed by atoms with Gasteiger partial charge >= 0.3 is 0 Å². The highest BCUT2D eigenvalue weighted by Gasteiger charge is 2.25. The third kappa shape index (κ3) is 3.31. The van der Waals surface area contributed by atoms with Crippen LogP contribution in [0.25, 0.3) is 0 Å². The van der Waals surface area contributed by atoms with Crippen LogP contribution in [0.15, 0.2) is 0 Å². The van der Waals surface area contributed by atoms with E-state index >= 15 is 0 Å². The Balaban J connectivity index is 1.86. The minimum Gasteiger partial charge on any atom is -0.299 e. The van der Waals surface area contributed by atoms with E-state index in [0.29, 0.717) is 18.1 Å². The van der Waals surface area contributed by atoms with Crippen LogP contribution >= 0.6 is 0 Å². The third-order valence-electron chi connectivity index (χ3n) is 5.16. The Bertz CT molecular complexity index is 468. The van der Waals surface area contributed by atoms with Crippen molar-refractivity contribution in [2.24, 2.45) is 18.9 Å². The van der Waals surface area contributed by atoms with Gasteiger partial charge in [-0.05, 0) is 57.4 Å². The van der Waals surface area contributed by atoms with Crippen molar-refractivity contribution < 1.29 is 4.79 Å². The normalized spacial score (nSPS) is 23.0. The second-order valence-electron chi connectivity index (χ2n) is 6.37. The Morgan fingerprint density at radius 3 is 2.40 bits per heavy atom. The molecule has 3 nitrogen and oxygen atoms in total. The van der Waals surface area contributed by atoms with Crippen LogP contribution in [-0.2, 0) is 18.3 Å². The van der Waals surface area contributed by atoms with Crippen molar-refractivity contribution in [1.29, 1.82) is 0 Å². The summed E-state index contributed by atoms with van der Waals surface area (Å²) in [6.45, 7) is 6.40. The van der Waals surface area contributed by atoms with Gasteiger partial charge in [-0.25, -0.2) is 0 Å². The van der Waals surface area contributed by atoms with E-state index in [2.05, 4.69) is 18.9 Å². The van der Waals surface area contributed by atoms with Gasteiger partial charge in [-0.1, -0.05) is 13.3 Å². The lowest BCUT2D eigenvalue weighted by molar-refractivity contribution is -0.124. The van der Waals surface area contributed by atoms with Gasteiger partial charge < -0.3 is 0 Å². The predicted octanol–water partition coefficient (Wildman–Crippen LogP) is 3.76. The fourth-order valence-electron chi connectivity index (χ4n) is 3.52. The van der Waals surface area contributed by atoms with Gasteiger partial charge in [0.2, 0.25) is 0 Å². The fourth-order valence-corrected chi connectivity index (χ4v) is 3.52. The van der Waals surface area contributed by atoms with Crippen LogP contribution in [0.2, 0.25) is 0 Å². The van der Waals surface area contributed by atoms with E-state index in [1.807, 2.05) is 18.7 Å². The van der Waals surface area contributed by atoms with Gasteiger partial charge in [-0.15, -0.1) is 0 Å². The van der Waals surface area contributed by atoms with E-state index < -0.39 is 0 Å². The number of aryl methyl sites for hydroxylation is 2. The SMILES string of the molecule is CCC1CCC(C(=O)CCc2c(C)nn(C)c2C)CC1. The molecule has 2 rings (SSSR count). The maximum Gasteiger partial charge on any atom is 0.136 e. The Morgan fingerprint density at radius 2 is 1.90 bits per heavy atom. The molecule has 1 saturated carbocycles. The molecule has 112 valence electrons. The predicted molar refractivity (Wildman–Crippen MR) is 81.7 cm³/mol. The van der Waals surface area contributed by atoms with E-state index in [-0.39, 0.29) is 0 Å². The first-order chi connectivity index (χ1) is 9.52. The Hall–Kier alpha value is -1.12. The number of carbonyl (C=O) groups excluding carboxylic acids is 1. The quantitative estimate of drug-likeness (QED) is 0.821. The van der Waals surface area contributed by atoms with E-state index in [1.165, 1.54) is 30.5 Å². The van der Waals surface area contributed by atoms with Crippen molar-refractivity contribution in [3.63, 3.8) is 0 Å². The molecule has 0 spiro atoms.